The van der Waals surface area contributed by atoms with Gasteiger partial charge in [0.2, 0.25) is 5.89 Å². The second kappa shape index (κ2) is 12.7. The van der Waals surface area contributed by atoms with Gasteiger partial charge in [-0.05, 0) is 52.1 Å². The van der Waals surface area contributed by atoms with E-state index in [1.165, 1.54) is 51.7 Å². The largest absolute Gasteiger partial charge is 0.507 e. The first-order valence-electron chi connectivity index (χ1n) is 14.0. The number of carbonyl (C=O) groups excluding carboxylic acids is 1. The third-order valence-electron chi connectivity index (χ3n) is 7.21. The molecule has 1 heterocycles. The van der Waals surface area contributed by atoms with Crippen LogP contribution in [0.25, 0.3) is 22.3 Å². The Labute approximate surface area is 265 Å². The molecule has 0 aliphatic rings. The lowest BCUT2D eigenvalue weighted by Crippen LogP contribution is -2.30. The minimum Gasteiger partial charge on any atom is -0.507 e. The molecule has 1 amide bonds. The van der Waals surface area contributed by atoms with Gasteiger partial charge in [-0.3, -0.25) is 4.79 Å². The Morgan fingerprint density at radius 2 is 1.51 bits per heavy atom. The van der Waals surface area contributed by atoms with Crippen LogP contribution in [0.3, 0.4) is 0 Å². The lowest BCUT2D eigenvalue weighted by molar-refractivity contribution is 0.0925. The van der Waals surface area contributed by atoms with Crippen LogP contribution in [-0.2, 0) is 17.5 Å². The number of alkyl halides is 2. The van der Waals surface area contributed by atoms with Crippen molar-refractivity contribution in [1.29, 1.82) is 0 Å². The molecular formula is C34H30ClF3N3O3P. The zero-order valence-corrected chi connectivity index (χ0v) is 26.5. The first-order valence-corrected chi connectivity index (χ1v) is 14.9. The average molecular weight is 652 g/mol. The van der Waals surface area contributed by atoms with Gasteiger partial charge in [-0.15, -0.1) is 0 Å². The van der Waals surface area contributed by atoms with Gasteiger partial charge in [-0.1, -0.05) is 107 Å². The third kappa shape index (κ3) is 7.55. The molecule has 6 nitrogen and oxygen atoms in total. The normalized spacial score (nSPS) is 12.6. The first-order chi connectivity index (χ1) is 21.2. The summed E-state index contributed by atoms with van der Waals surface area (Å²) >= 11 is 5.96. The average Bonchev–Trinajstić information content (AvgIpc) is 3.50. The zero-order chi connectivity index (χ0) is 32.5. The van der Waals surface area contributed by atoms with E-state index in [4.69, 9.17) is 16.1 Å². The van der Waals surface area contributed by atoms with Crippen molar-refractivity contribution in [3.8, 4) is 28.0 Å². The molecule has 0 radical (unpaired) electrons. The van der Waals surface area contributed by atoms with E-state index in [-0.39, 0.29) is 34.2 Å². The van der Waals surface area contributed by atoms with Crippen molar-refractivity contribution < 1.29 is 27.6 Å². The molecule has 0 aliphatic carbocycles. The number of halogens is 4. The van der Waals surface area contributed by atoms with E-state index in [0.29, 0.717) is 17.0 Å². The number of hydrogen-bond acceptors (Lipinski definition) is 5. The molecule has 0 aliphatic heterocycles. The molecule has 0 spiro atoms. The molecule has 4 aromatic carbocycles. The molecule has 11 heteroatoms. The fourth-order valence-corrected chi connectivity index (χ4v) is 5.02. The van der Waals surface area contributed by atoms with Crippen LogP contribution in [0.1, 0.15) is 60.0 Å². The van der Waals surface area contributed by atoms with Gasteiger partial charge in [0.1, 0.15) is 17.6 Å². The molecule has 0 bridgehead atoms. The maximum Gasteiger partial charge on any atom is 0.283 e. The van der Waals surface area contributed by atoms with E-state index in [2.05, 4.69) is 15.5 Å². The Hall–Kier alpha value is -4.20. The summed E-state index contributed by atoms with van der Waals surface area (Å²) < 4.78 is 46.6. The van der Waals surface area contributed by atoms with Crippen molar-refractivity contribution in [2.75, 3.05) is 0 Å². The van der Waals surface area contributed by atoms with Crippen molar-refractivity contribution >= 4 is 26.7 Å². The summed E-state index contributed by atoms with van der Waals surface area (Å²) in [4.78, 5) is 18.2. The molecule has 232 valence electrons. The van der Waals surface area contributed by atoms with Crippen molar-refractivity contribution in [1.82, 2.24) is 15.5 Å². The van der Waals surface area contributed by atoms with E-state index in [1.807, 2.05) is 45.0 Å². The zero-order valence-electron chi connectivity index (χ0n) is 24.6. The van der Waals surface area contributed by atoms with Gasteiger partial charge in [-0.25, -0.2) is 4.39 Å². The minimum absolute atomic E-state index is 0.0166. The molecule has 5 aromatic rings. The molecule has 2 unspecified atom stereocenters. The Bertz CT molecular complexity index is 1830. The number of nitrogens with zero attached hydrogens (tertiary/aromatic N) is 2. The van der Waals surface area contributed by atoms with Crippen LogP contribution < -0.4 is 5.32 Å². The first kappa shape index (κ1) is 32.2. The van der Waals surface area contributed by atoms with Crippen LogP contribution in [0.5, 0.6) is 5.75 Å². The quantitative estimate of drug-likeness (QED) is 0.164. The monoisotopic (exact) mass is 651 g/mol. The van der Waals surface area contributed by atoms with Crippen LogP contribution >= 0.6 is 20.8 Å². The molecule has 2 N–H and O–H groups in total. The maximum absolute atomic E-state index is 13.7. The summed E-state index contributed by atoms with van der Waals surface area (Å²) in [6.45, 7) is 5.81. The number of benzene rings is 4. The van der Waals surface area contributed by atoms with Gasteiger partial charge in [0, 0.05) is 17.4 Å². The third-order valence-corrected chi connectivity index (χ3v) is 7.83. The summed E-state index contributed by atoms with van der Waals surface area (Å²) in [5, 5.41) is 17.7. The van der Waals surface area contributed by atoms with E-state index >= 15 is 0 Å². The smallest absolute Gasteiger partial charge is 0.283 e. The summed E-state index contributed by atoms with van der Waals surface area (Å²) in [6, 6.07) is 21.3. The molecule has 2 atom stereocenters. The lowest BCUT2D eigenvalue weighted by Gasteiger charge is -2.17. The van der Waals surface area contributed by atoms with Crippen LogP contribution in [0.4, 0.5) is 13.2 Å². The van der Waals surface area contributed by atoms with Gasteiger partial charge >= 0.3 is 0 Å². The van der Waals surface area contributed by atoms with E-state index in [1.54, 1.807) is 18.2 Å². The predicted octanol–water partition coefficient (Wildman–Crippen LogP) is 8.84. The summed E-state index contributed by atoms with van der Waals surface area (Å²) in [7, 11) is 1.50. The highest BCUT2D eigenvalue weighted by Gasteiger charge is 2.28. The Kier molecular flexibility index (Phi) is 9.06. The van der Waals surface area contributed by atoms with Crippen LogP contribution in [0.2, 0.25) is 5.02 Å². The number of amides is 1. The van der Waals surface area contributed by atoms with Crippen LogP contribution in [0.15, 0.2) is 89.5 Å². The highest BCUT2D eigenvalue weighted by Crippen LogP contribution is 2.36. The highest BCUT2D eigenvalue weighted by molar-refractivity contribution is 7.17. The predicted molar refractivity (Wildman–Crippen MR) is 171 cm³/mol. The highest BCUT2D eigenvalue weighted by atomic mass is 35.5. The Morgan fingerprint density at radius 3 is 2.09 bits per heavy atom. The van der Waals surface area contributed by atoms with Gasteiger partial charge in [0.25, 0.3) is 11.6 Å². The molecule has 1 aromatic heterocycles. The van der Waals surface area contributed by atoms with Gasteiger partial charge in [0.05, 0.1) is 10.6 Å². The van der Waals surface area contributed by atoms with Crippen LogP contribution in [-0.4, -0.2) is 21.2 Å². The fraction of sp³-hybridized carbons (Fsp3) is 0.206. The number of rotatable bonds is 8. The topological polar surface area (TPSA) is 88.2 Å². The molecule has 0 saturated carbocycles. The number of aromatic hydroxyl groups is 1. The van der Waals surface area contributed by atoms with E-state index in [9.17, 15) is 23.1 Å². The molecule has 5 rings (SSSR count). The van der Waals surface area contributed by atoms with E-state index in [0.717, 1.165) is 16.7 Å². The number of hydrogen-bond donors (Lipinski definition) is 2. The standard InChI is InChI=1S/C34H30ClF3N3O3P/c1-33(2,3)32-40-31(44-41-32)28(16-19-4-6-20(7-5-19)23-10-14-27(36)26(35)18-23)39-30(43)25-17-22(11-15-29(25)42)21-8-12-24(13-9-21)34(37,38)45/h4-15,17-18,28,42H,16,45H2,1-3H3,(H,39,43). The van der Waals surface area contributed by atoms with Gasteiger partial charge in [-0.2, -0.15) is 13.8 Å². The second-order valence-electron chi connectivity index (χ2n) is 11.7. The van der Waals surface area contributed by atoms with Crippen molar-refractivity contribution in [2.24, 2.45) is 0 Å². The molecular weight excluding hydrogens is 622 g/mol. The molecule has 0 saturated heterocycles. The number of carbonyl (C=O) groups is 1. The molecule has 45 heavy (non-hydrogen) atoms. The Balaban J connectivity index is 1.42. The van der Waals surface area contributed by atoms with Crippen molar-refractivity contribution in [3.05, 3.63) is 124 Å². The van der Waals surface area contributed by atoms with E-state index < -0.39 is 28.8 Å². The second-order valence-corrected chi connectivity index (χ2v) is 12.8. The summed E-state index contributed by atoms with van der Waals surface area (Å²) in [6.07, 6.45) is 0.271. The van der Waals surface area contributed by atoms with Gasteiger partial charge < -0.3 is 14.9 Å². The summed E-state index contributed by atoms with van der Waals surface area (Å²) in [5.74, 6) is -0.705. The van der Waals surface area contributed by atoms with Gasteiger partial charge in [0.15, 0.2) is 5.82 Å². The number of aromatic nitrogens is 2. The Morgan fingerprint density at radius 1 is 0.933 bits per heavy atom. The number of phenols is 1. The fourth-order valence-electron chi connectivity index (χ4n) is 4.64. The SMILES string of the molecule is CC(C)(C)c1noc(C(Cc2ccc(-c3ccc(F)c(Cl)c3)cc2)NC(=O)c2cc(-c3ccc(C(F)(F)P)cc3)ccc2O)n1. The molecule has 0 fully saturated rings. The van der Waals surface area contributed by atoms with Crippen molar-refractivity contribution in [2.45, 2.75) is 44.3 Å². The van der Waals surface area contributed by atoms with Crippen molar-refractivity contribution in [3.63, 3.8) is 0 Å². The number of nitrogens with one attached hydrogen (secondary N) is 1. The summed E-state index contributed by atoms with van der Waals surface area (Å²) in [5.41, 5.74) is -0.109. The minimum atomic E-state index is -3.07. The lowest BCUT2D eigenvalue weighted by atomic mass is 9.96. The number of phenolic OH excluding ortho intramolecular Hbond substituents is 1. The maximum atomic E-state index is 13.7. The van der Waals surface area contributed by atoms with Crippen LogP contribution in [0, 0.1) is 5.82 Å².